The number of nitro groups is 1. The van der Waals surface area contributed by atoms with Crippen molar-refractivity contribution >= 4 is 17.5 Å². The van der Waals surface area contributed by atoms with E-state index in [2.05, 4.69) is 9.72 Å². The zero-order chi connectivity index (χ0) is 15.4. The van der Waals surface area contributed by atoms with Gasteiger partial charge in [0.05, 0.1) is 18.6 Å². The number of carbonyl (C=O) groups is 1. The number of nitrogens with zero attached hydrogens (tertiary/aromatic N) is 3. The molecule has 1 N–H and O–H groups in total. The molecule has 1 saturated carbocycles. The summed E-state index contributed by atoms with van der Waals surface area (Å²) in [5, 5.41) is 20.4. The lowest BCUT2D eigenvalue weighted by Crippen LogP contribution is -2.43. The molecule has 0 radical (unpaired) electrons. The highest BCUT2D eigenvalue weighted by molar-refractivity contribution is 5.88. The third-order valence-electron chi connectivity index (χ3n) is 3.57. The molecule has 0 amide bonds. The third-order valence-corrected chi connectivity index (χ3v) is 3.57. The molecular formula is C13H17N3O5. The summed E-state index contributed by atoms with van der Waals surface area (Å²) in [6, 6.07) is 2.62. The average Bonchev–Trinajstić information content (AvgIpc) is 2.43. The number of hydrogen-bond donors (Lipinski definition) is 1. The van der Waals surface area contributed by atoms with Gasteiger partial charge in [-0.3, -0.25) is 10.1 Å². The lowest BCUT2D eigenvalue weighted by molar-refractivity contribution is -0.384. The van der Waals surface area contributed by atoms with Gasteiger partial charge in [0.25, 0.3) is 0 Å². The van der Waals surface area contributed by atoms with Crippen molar-refractivity contribution in [3.05, 3.63) is 27.9 Å². The number of aromatic nitrogens is 1. The zero-order valence-corrected chi connectivity index (χ0v) is 11.7. The van der Waals surface area contributed by atoms with Gasteiger partial charge in [-0.25, -0.2) is 9.78 Å². The number of methoxy groups -OCH3 is 1. The molecule has 0 saturated heterocycles. The number of rotatable bonds is 6. The van der Waals surface area contributed by atoms with Crippen LogP contribution in [-0.2, 0) is 4.74 Å². The molecule has 2 rings (SSSR count). The topological polar surface area (TPSA) is 106 Å². The Kier molecular flexibility index (Phi) is 4.69. The van der Waals surface area contributed by atoms with Gasteiger partial charge < -0.3 is 14.7 Å². The second kappa shape index (κ2) is 6.49. The molecule has 0 aliphatic heterocycles. The number of ether oxygens (including phenoxy) is 1. The molecule has 0 aromatic carbocycles. The molecule has 0 bridgehead atoms. The number of pyridine rings is 1. The molecular weight excluding hydrogens is 278 g/mol. The highest BCUT2D eigenvalue weighted by atomic mass is 16.6. The quantitative estimate of drug-likeness (QED) is 0.476. The molecule has 8 nitrogen and oxygen atoms in total. The van der Waals surface area contributed by atoms with Crippen LogP contribution in [0.25, 0.3) is 0 Å². The summed E-state index contributed by atoms with van der Waals surface area (Å²) in [4.78, 5) is 28.0. The number of aliphatic hydroxyl groups is 1. The predicted octanol–water partition coefficient (Wildman–Crippen LogP) is 1.13. The number of hydrogen-bond acceptors (Lipinski definition) is 7. The first-order chi connectivity index (χ1) is 10.1. The average molecular weight is 295 g/mol. The van der Waals surface area contributed by atoms with E-state index in [-0.39, 0.29) is 36.4 Å². The Morgan fingerprint density at radius 1 is 1.57 bits per heavy atom. The van der Waals surface area contributed by atoms with Gasteiger partial charge in [-0.2, -0.15) is 0 Å². The van der Waals surface area contributed by atoms with Crippen LogP contribution in [-0.4, -0.2) is 47.3 Å². The van der Waals surface area contributed by atoms with Gasteiger partial charge in [-0.05, 0) is 25.3 Å². The molecule has 0 spiro atoms. The summed E-state index contributed by atoms with van der Waals surface area (Å²) in [5.74, 6) is -0.537. The van der Waals surface area contributed by atoms with Crippen LogP contribution in [0.5, 0.6) is 0 Å². The minimum Gasteiger partial charge on any atom is -0.464 e. The minimum atomic E-state index is -0.649. The summed E-state index contributed by atoms with van der Waals surface area (Å²) in [5.41, 5.74) is -0.164. The minimum absolute atomic E-state index is 0.0142. The maximum atomic E-state index is 11.6. The van der Waals surface area contributed by atoms with Crippen LogP contribution in [0.15, 0.2) is 12.1 Å². The van der Waals surface area contributed by atoms with Gasteiger partial charge in [-0.1, -0.05) is 0 Å². The highest BCUT2D eigenvalue weighted by Gasteiger charge is 2.31. The number of esters is 1. The number of anilines is 1. The Labute approximate surface area is 121 Å². The van der Waals surface area contributed by atoms with E-state index in [1.807, 2.05) is 0 Å². The van der Waals surface area contributed by atoms with Gasteiger partial charge >= 0.3 is 11.7 Å². The van der Waals surface area contributed by atoms with E-state index in [9.17, 15) is 20.0 Å². The SMILES string of the molecule is COC(=O)c1ccc([N+](=O)[O-])c(N(CCO)C2CCC2)n1. The van der Waals surface area contributed by atoms with Gasteiger partial charge in [0.2, 0.25) is 5.82 Å². The van der Waals surface area contributed by atoms with Crippen molar-refractivity contribution < 1.29 is 19.6 Å². The first-order valence-electron chi connectivity index (χ1n) is 6.69. The summed E-state index contributed by atoms with van der Waals surface area (Å²) in [6.07, 6.45) is 2.82. The number of aliphatic hydroxyl groups excluding tert-OH is 1. The largest absolute Gasteiger partial charge is 0.464 e. The summed E-state index contributed by atoms with van der Waals surface area (Å²) in [6.45, 7) is 0.0981. The van der Waals surface area contributed by atoms with Gasteiger partial charge in [-0.15, -0.1) is 0 Å². The Bertz CT molecular complexity index is 545. The van der Waals surface area contributed by atoms with Crippen LogP contribution in [0.2, 0.25) is 0 Å². The fraction of sp³-hybridized carbons (Fsp3) is 0.538. The summed E-state index contributed by atoms with van der Waals surface area (Å²) < 4.78 is 4.59. The van der Waals surface area contributed by atoms with E-state index < -0.39 is 10.9 Å². The van der Waals surface area contributed by atoms with Crippen molar-refractivity contribution in [2.75, 3.05) is 25.2 Å². The lowest BCUT2D eigenvalue weighted by atomic mass is 9.91. The Morgan fingerprint density at radius 2 is 2.29 bits per heavy atom. The van der Waals surface area contributed by atoms with Crippen LogP contribution in [0.4, 0.5) is 11.5 Å². The molecule has 1 aliphatic rings. The van der Waals surface area contributed by atoms with E-state index in [4.69, 9.17) is 0 Å². The molecule has 8 heteroatoms. The monoisotopic (exact) mass is 295 g/mol. The van der Waals surface area contributed by atoms with Crippen LogP contribution >= 0.6 is 0 Å². The van der Waals surface area contributed by atoms with Crippen molar-refractivity contribution in [1.82, 2.24) is 4.98 Å². The Hall–Kier alpha value is -2.22. The van der Waals surface area contributed by atoms with Crippen LogP contribution < -0.4 is 4.90 Å². The molecule has 1 aliphatic carbocycles. The van der Waals surface area contributed by atoms with E-state index in [1.54, 1.807) is 4.90 Å². The molecule has 1 aromatic rings. The Balaban J connectivity index is 2.44. The zero-order valence-electron chi connectivity index (χ0n) is 11.7. The first kappa shape index (κ1) is 15.2. The van der Waals surface area contributed by atoms with Crippen molar-refractivity contribution in [3.8, 4) is 0 Å². The molecule has 0 unspecified atom stereocenters. The molecule has 1 heterocycles. The maximum Gasteiger partial charge on any atom is 0.356 e. The fourth-order valence-corrected chi connectivity index (χ4v) is 2.28. The molecule has 114 valence electrons. The fourth-order valence-electron chi connectivity index (χ4n) is 2.28. The molecule has 1 aromatic heterocycles. The normalized spacial score (nSPS) is 14.4. The van der Waals surface area contributed by atoms with E-state index in [1.165, 1.54) is 19.2 Å². The van der Waals surface area contributed by atoms with E-state index in [0.29, 0.717) is 0 Å². The van der Waals surface area contributed by atoms with Crippen LogP contribution in [0.1, 0.15) is 29.8 Å². The van der Waals surface area contributed by atoms with Crippen molar-refractivity contribution in [3.63, 3.8) is 0 Å². The van der Waals surface area contributed by atoms with E-state index in [0.717, 1.165) is 19.3 Å². The third kappa shape index (κ3) is 3.10. The summed E-state index contributed by atoms with van der Waals surface area (Å²) >= 11 is 0. The second-order valence-corrected chi connectivity index (χ2v) is 4.79. The maximum absolute atomic E-state index is 11.6. The van der Waals surface area contributed by atoms with Crippen LogP contribution in [0.3, 0.4) is 0 Å². The molecule has 21 heavy (non-hydrogen) atoms. The molecule has 1 fully saturated rings. The molecule has 0 atom stereocenters. The predicted molar refractivity (Wildman–Crippen MR) is 74.3 cm³/mol. The lowest BCUT2D eigenvalue weighted by Gasteiger charge is -2.37. The Morgan fingerprint density at radius 3 is 2.76 bits per heavy atom. The van der Waals surface area contributed by atoms with Gasteiger partial charge in [0.1, 0.15) is 0 Å². The van der Waals surface area contributed by atoms with Crippen molar-refractivity contribution in [1.29, 1.82) is 0 Å². The number of carbonyl (C=O) groups excluding carboxylic acids is 1. The van der Waals surface area contributed by atoms with Crippen molar-refractivity contribution in [2.24, 2.45) is 0 Å². The summed E-state index contributed by atoms with van der Waals surface area (Å²) in [7, 11) is 1.22. The van der Waals surface area contributed by atoms with Crippen molar-refractivity contribution in [2.45, 2.75) is 25.3 Å². The smallest absolute Gasteiger partial charge is 0.356 e. The van der Waals surface area contributed by atoms with Gasteiger partial charge in [0, 0.05) is 18.7 Å². The van der Waals surface area contributed by atoms with E-state index >= 15 is 0 Å². The van der Waals surface area contributed by atoms with Crippen LogP contribution in [0, 0.1) is 10.1 Å². The second-order valence-electron chi connectivity index (χ2n) is 4.79. The first-order valence-corrected chi connectivity index (χ1v) is 6.69. The highest BCUT2D eigenvalue weighted by Crippen LogP contribution is 2.33. The van der Waals surface area contributed by atoms with Gasteiger partial charge in [0.15, 0.2) is 5.69 Å². The standard InChI is InChI=1S/C13H17N3O5/c1-21-13(18)10-5-6-11(16(19)20)12(14-10)15(7-8-17)9-3-2-4-9/h5-6,9,17H,2-4,7-8H2,1H3.